The molecule has 3 unspecified atom stereocenters. The molecule has 2 rings (SSSR count). The van der Waals surface area contributed by atoms with E-state index in [2.05, 4.69) is 22.2 Å². The summed E-state index contributed by atoms with van der Waals surface area (Å²) < 4.78 is 4.98. The van der Waals surface area contributed by atoms with Gasteiger partial charge in [0.05, 0.1) is 12.7 Å². The number of likely N-dealkylation sites (tertiary alicyclic amines) is 2. The summed E-state index contributed by atoms with van der Waals surface area (Å²) in [6.07, 6.45) is 3.66. The molecule has 2 fully saturated rings. The molecule has 5 heteroatoms. The molecule has 0 aromatic rings. The van der Waals surface area contributed by atoms with Crippen molar-refractivity contribution < 1.29 is 9.84 Å². The Morgan fingerprint density at radius 3 is 3.00 bits per heavy atom. The fraction of sp³-hybridized carbons (Fsp3) is 1.00. The van der Waals surface area contributed by atoms with Gasteiger partial charge in [0, 0.05) is 39.3 Å². The van der Waals surface area contributed by atoms with Gasteiger partial charge < -0.3 is 25.0 Å². The monoisotopic (exact) mass is 285 g/mol. The molecule has 0 aromatic carbocycles. The second-order valence-electron chi connectivity index (χ2n) is 6.35. The van der Waals surface area contributed by atoms with Crippen LogP contribution in [0.3, 0.4) is 0 Å². The molecule has 0 aromatic heterocycles. The van der Waals surface area contributed by atoms with Crippen molar-refractivity contribution in [1.82, 2.24) is 15.1 Å². The van der Waals surface area contributed by atoms with E-state index in [1.807, 2.05) is 0 Å². The highest BCUT2D eigenvalue weighted by Crippen LogP contribution is 2.29. The van der Waals surface area contributed by atoms with Gasteiger partial charge in [0.15, 0.2) is 0 Å². The molecule has 0 saturated carbocycles. The van der Waals surface area contributed by atoms with Crippen LogP contribution in [0, 0.1) is 5.92 Å². The lowest BCUT2D eigenvalue weighted by molar-refractivity contribution is 0.0177. The lowest BCUT2D eigenvalue weighted by atomic mass is 9.84. The van der Waals surface area contributed by atoms with Crippen molar-refractivity contribution in [3.05, 3.63) is 0 Å². The van der Waals surface area contributed by atoms with E-state index in [-0.39, 0.29) is 6.10 Å². The van der Waals surface area contributed by atoms with Gasteiger partial charge in [-0.1, -0.05) is 0 Å². The van der Waals surface area contributed by atoms with Crippen molar-refractivity contribution in [2.75, 3.05) is 60.0 Å². The number of nitrogens with zero attached hydrogens (tertiary/aromatic N) is 2. The molecule has 20 heavy (non-hydrogen) atoms. The van der Waals surface area contributed by atoms with Gasteiger partial charge in [-0.05, 0) is 45.3 Å². The minimum atomic E-state index is -0.273. The van der Waals surface area contributed by atoms with Gasteiger partial charge in [0.1, 0.15) is 0 Å². The third-order valence-electron chi connectivity index (χ3n) is 4.76. The third kappa shape index (κ3) is 4.67. The van der Waals surface area contributed by atoms with Crippen molar-refractivity contribution in [3.63, 3.8) is 0 Å². The maximum absolute atomic E-state index is 10.1. The summed E-state index contributed by atoms with van der Waals surface area (Å²) >= 11 is 0. The molecule has 0 amide bonds. The molecule has 5 nitrogen and oxygen atoms in total. The summed E-state index contributed by atoms with van der Waals surface area (Å²) in [5, 5.41) is 13.3. The van der Waals surface area contributed by atoms with E-state index in [0.29, 0.717) is 13.2 Å². The van der Waals surface area contributed by atoms with E-state index < -0.39 is 0 Å². The Morgan fingerprint density at radius 1 is 1.35 bits per heavy atom. The molecule has 2 aliphatic heterocycles. The fourth-order valence-electron chi connectivity index (χ4n) is 3.70. The number of nitrogens with one attached hydrogen (secondary N) is 1. The van der Waals surface area contributed by atoms with Gasteiger partial charge in [0.25, 0.3) is 0 Å². The normalized spacial score (nSPS) is 30.1. The van der Waals surface area contributed by atoms with E-state index >= 15 is 0 Å². The van der Waals surface area contributed by atoms with Gasteiger partial charge in [-0.2, -0.15) is 0 Å². The van der Waals surface area contributed by atoms with Crippen molar-refractivity contribution >= 4 is 0 Å². The zero-order chi connectivity index (χ0) is 14.4. The second kappa shape index (κ2) is 8.29. The third-order valence-corrected chi connectivity index (χ3v) is 4.76. The van der Waals surface area contributed by atoms with Crippen LogP contribution in [0.2, 0.25) is 0 Å². The summed E-state index contributed by atoms with van der Waals surface area (Å²) in [7, 11) is 3.96. The number of aliphatic hydroxyl groups is 1. The van der Waals surface area contributed by atoms with Crippen molar-refractivity contribution in [3.8, 4) is 0 Å². The van der Waals surface area contributed by atoms with Crippen LogP contribution < -0.4 is 5.32 Å². The van der Waals surface area contributed by atoms with Crippen LogP contribution in [0.5, 0.6) is 0 Å². The molecular formula is C15H31N3O2. The Labute approximate surface area is 123 Å². The average molecular weight is 285 g/mol. The molecule has 0 aliphatic carbocycles. The molecule has 2 saturated heterocycles. The molecule has 2 heterocycles. The number of hydrogen-bond acceptors (Lipinski definition) is 5. The molecule has 0 bridgehead atoms. The van der Waals surface area contributed by atoms with Gasteiger partial charge in [-0.15, -0.1) is 0 Å². The summed E-state index contributed by atoms with van der Waals surface area (Å²) in [5.41, 5.74) is 0. The van der Waals surface area contributed by atoms with Crippen LogP contribution >= 0.6 is 0 Å². The second-order valence-corrected chi connectivity index (χ2v) is 6.35. The van der Waals surface area contributed by atoms with Crippen molar-refractivity contribution in [2.45, 2.75) is 31.4 Å². The number of β-amino-alcohol motifs (C(OH)–C–C–N with tert-alkyl or cyclic N) is 1. The quantitative estimate of drug-likeness (QED) is 0.645. The highest BCUT2D eigenvalue weighted by molar-refractivity contribution is 4.89. The molecule has 0 radical (unpaired) electrons. The molecule has 3 atom stereocenters. The lowest BCUT2D eigenvalue weighted by Crippen LogP contribution is -2.54. The predicted octanol–water partition coefficient (Wildman–Crippen LogP) is -0.000600. The van der Waals surface area contributed by atoms with E-state index in [1.54, 1.807) is 7.11 Å². The Hall–Kier alpha value is -0.200. The van der Waals surface area contributed by atoms with Crippen molar-refractivity contribution in [2.24, 2.45) is 5.92 Å². The summed E-state index contributed by atoms with van der Waals surface area (Å²) in [6, 6.07) is 0.775. The minimum Gasteiger partial charge on any atom is -0.390 e. The zero-order valence-electron chi connectivity index (χ0n) is 13.1. The number of piperidine rings is 2. The minimum absolute atomic E-state index is 0.273. The molecule has 118 valence electrons. The highest BCUT2D eigenvalue weighted by Gasteiger charge is 2.34. The maximum Gasteiger partial charge on any atom is 0.0791 e. The van der Waals surface area contributed by atoms with Gasteiger partial charge in [-0.25, -0.2) is 0 Å². The zero-order valence-corrected chi connectivity index (χ0v) is 13.1. The number of hydrogen-bond donors (Lipinski definition) is 2. The number of rotatable bonds is 7. The van der Waals surface area contributed by atoms with Crippen LogP contribution in [0.1, 0.15) is 19.3 Å². The number of methoxy groups -OCH3 is 1. The smallest absolute Gasteiger partial charge is 0.0791 e. The average Bonchev–Trinajstić information content (AvgIpc) is 2.44. The van der Waals surface area contributed by atoms with E-state index in [1.165, 1.54) is 25.8 Å². The number of ether oxygens (including phenoxy) is 1. The first-order chi connectivity index (χ1) is 9.70. The largest absolute Gasteiger partial charge is 0.390 e. The molecule has 2 N–H and O–H groups in total. The van der Waals surface area contributed by atoms with Gasteiger partial charge in [0.2, 0.25) is 0 Å². The predicted molar refractivity (Wildman–Crippen MR) is 81.0 cm³/mol. The first kappa shape index (κ1) is 16.2. The highest BCUT2D eigenvalue weighted by atomic mass is 16.5. The Balaban J connectivity index is 1.67. The molecular weight excluding hydrogens is 254 g/mol. The maximum atomic E-state index is 10.1. The Bertz CT molecular complexity index is 278. The first-order valence-corrected chi connectivity index (χ1v) is 8.01. The molecule has 2 aliphatic rings. The van der Waals surface area contributed by atoms with Crippen LogP contribution in [0.15, 0.2) is 0 Å². The first-order valence-electron chi connectivity index (χ1n) is 8.01. The Morgan fingerprint density at radius 2 is 2.20 bits per heavy atom. The van der Waals surface area contributed by atoms with Gasteiger partial charge >= 0.3 is 0 Å². The van der Waals surface area contributed by atoms with Crippen LogP contribution in [0.4, 0.5) is 0 Å². The number of aliphatic hydroxyl groups excluding tert-OH is 1. The van der Waals surface area contributed by atoms with Crippen LogP contribution in [-0.2, 0) is 4.74 Å². The van der Waals surface area contributed by atoms with Crippen LogP contribution in [0.25, 0.3) is 0 Å². The van der Waals surface area contributed by atoms with Gasteiger partial charge in [-0.3, -0.25) is 0 Å². The fourth-order valence-corrected chi connectivity index (χ4v) is 3.70. The van der Waals surface area contributed by atoms with E-state index in [9.17, 15) is 5.11 Å². The Kier molecular flexibility index (Phi) is 6.71. The summed E-state index contributed by atoms with van der Waals surface area (Å²) in [5.74, 6) is 0.802. The lowest BCUT2D eigenvalue weighted by Gasteiger charge is -2.46. The summed E-state index contributed by atoms with van der Waals surface area (Å²) in [4.78, 5) is 4.98. The van der Waals surface area contributed by atoms with E-state index in [0.717, 1.165) is 38.1 Å². The van der Waals surface area contributed by atoms with E-state index in [4.69, 9.17) is 4.74 Å². The van der Waals surface area contributed by atoms with Crippen molar-refractivity contribution in [1.29, 1.82) is 0 Å². The summed E-state index contributed by atoms with van der Waals surface area (Å²) in [6.45, 7) is 6.51. The standard InChI is InChI=1S/C15H31N3O2/c1-17-7-3-4-13-11-18(8-5-15(13)17)12-14(19)10-16-6-9-20-2/h13-16,19H,3-12H2,1-2H3. The SMILES string of the molecule is COCCNCC(O)CN1CCC2C(CCCN2C)C1. The molecule has 0 spiro atoms. The van der Waals surface area contributed by atoms with Crippen LogP contribution in [-0.4, -0.2) is 87.1 Å². The topological polar surface area (TPSA) is 48.0 Å². The number of fused-ring (bicyclic) bond motifs is 1.